The third kappa shape index (κ3) is 13.5. The Morgan fingerprint density at radius 1 is 0.583 bits per heavy atom. The number of hydrogen-bond acceptors (Lipinski definition) is 4. The molecule has 0 spiro atoms. The highest BCUT2D eigenvalue weighted by Crippen LogP contribution is 2.17. The van der Waals surface area contributed by atoms with Crippen LogP contribution in [0.25, 0.3) is 0 Å². The Labute approximate surface area is 149 Å². The molecule has 0 rings (SSSR count). The summed E-state index contributed by atoms with van der Waals surface area (Å²) in [5, 5.41) is 0. The second-order valence-electron chi connectivity index (χ2n) is 6.10. The molecule has 0 fully saturated rings. The van der Waals surface area contributed by atoms with E-state index in [1.54, 1.807) is 0 Å². The van der Waals surface area contributed by atoms with Crippen molar-refractivity contribution in [2.24, 2.45) is 0 Å². The van der Waals surface area contributed by atoms with Crippen molar-refractivity contribution in [3.63, 3.8) is 0 Å². The zero-order valence-electron chi connectivity index (χ0n) is 16.5. The number of unbranched alkanes of at least 4 members (excludes halogenated alkanes) is 5. The van der Waals surface area contributed by atoms with Crippen molar-refractivity contribution in [2.75, 3.05) is 26.6 Å². The Hall–Kier alpha value is -0.900. The van der Waals surface area contributed by atoms with Crippen LogP contribution in [0.2, 0.25) is 0 Å². The van der Waals surface area contributed by atoms with Crippen molar-refractivity contribution in [3.05, 3.63) is 11.7 Å². The van der Waals surface area contributed by atoms with Crippen molar-refractivity contribution >= 4 is 0 Å². The third-order valence-corrected chi connectivity index (χ3v) is 3.63. The molecule has 0 aliphatic carbocycles. The summed E-state index contributed by atoms with van der Waals surface area (Å²) < 4.78 is 23.1. The van der Waals surface area contributed by atoms with E-state index in [0.717, 1.165) is 57.5 Å². The normalized spacial score (nSPS) is 12.0. The summed E-state index contributed by atoms with van der Waals surface area (Å²) in [4.78, 5) is 0. The Bertz CT molecular complexity index is 289. The first-order valence-corrected chi connectivity index (χ1v) is 9.99. The highest BCUT2D eigenvalue weighted by atomic mass is 16.7. The molecule has 4 nitrogen and oxygen atoms in total. The van der Waals surface area contributed by atoms with Crippen LogP contribution in [-0.2, 0) is 18.9 Å². The topological polar surface area (TPSA) is 36.9 Å². The summed E-state index contributed by atoms with van der Waals surface area (Å²) in [5.41, 5.74) is 0. The van der Waals surface area contributed by atoms with E-state index in [1.807, 2.05) is 0 Å². The van der Waals surface area contributed by atoms with Gasteiger partial charge in [0.15, 0.2) is 12.6 Å². The molecule has 0 aliphatic heterocycles. The summed E-state index contributed by atoms with van der Waals surface area (Å²) >= 11 is 0. The van der Waals surface area contributed by atoms with Gasteiger partial charge in [0.2, 0.25) is 0 Å². The van der Waals surface area contributed by atoms with Gasteiger partial charge in [-0.05, 0) is 25.7 Å². The van der Waals surface area contributed by atoms with Crippen LogP contribution in [0.15, 0.2) is 11.7 Å². The second kappa shape index (κ2) is 18.4. The summed E-state index contributed by atoms with van der Waals surface area (Å²) in [6, 6.07) is 0. The summed E-state index contributed by atoms with van der Waals surface area (Å²) in [5.74, 6) is 1.37. The van der Waals surface area contributed by atoms with Crippen molar-refractivity contribution in [1.82, 2.24) is 0 Å². The maximum atomic E-state index is 5.96. The average Bonchev–Trinajstić information content (AvgIpc) is 2.59. The quantitative estimate of drug-likeness (QED) is 0.169. The molecular formula is C20H40O4. The number of hydrogen-bond donors (Lipinski definition) is 0. The Kier molecular flexibility index (Phi) is 17.7. The van der Waals surface area contributed by atoms with Gasteiger partial charge in [0.25, 0.3) is 0 Å². The predicted octanol–water partition coefficient (Wildman–Crippen LogP) is 6.16. The molecule has 0 unspecified atom stereocenters. The van der Waals surface area contributed by atoms with Crippen LogP contribution in [0.3, 0.4) is 0 Å². The average molecular weight is 345 g/mol. The molecule has 144 valence electrons. The lowest BCUT2D eigenvalue weighted by atomic mass is 10.2. The first kappa shape index (κ1) is 23.1. The van der Waals surface area contributed by atoms with Gasteiger partial charge in [-0.15, -0.1) is 0 Å². The fourth-order valence-corrected chi connectivity index (χ4v) is 2.13. The van der Waals surface area contributed by atoms with Crippen LogP contribution in [0, 0.1) is 0 Å². The predicted molar refractivity (Wildman–Crippen MR) is 99.7 cm³/mol. The second-order valence-corrected chi connectivity index (χ2v) is 6.10. The fraction of sp³-hybridized carbons (Fsp3) is 0.900. The molecule has 0 aliphatic rings. The minimum atomic E-state index is 0.231. The number of rotatable bonds is 18. The molecule has 0 amide bonds. The van der Waals surface area contributed by atoms with E-state index in [4.69, 9.17) is 18.9 Å². The van der Waals surface area contributed by atoms with E-state index < -0.39 is 0 Å². The monoisotopic (exact) mass is 344 g/mol. The van der Waals surface area contributed by atoms with Crippen LogP contribution in [-0.4, -0.2) is 26.6 Å². The van der Waals surface area contributed by atoms with Crippen molar-refractivity contribution in [3.8, 4) is 0 Å². The standard InChI is InChI=1S/C20H40O4/c1-5-9-12-16-22-19(14-8-4)20(23-17-13-10-6-2)24-18-21-15-11-7-3/h5-18H2,1-4H3. The van der Waals surface area contributed by atoms with Crippen LogP contribution in [0.4, 0.5) is 0 Å². The number of ether oxygens (including phenoxy) is 4. The lowest BCUT2D eigenvalue weighted by Crippen LogP contribution is -2.10. The largest absolute Gasteiger partial charge is 0.491 e. The molecule has 0 N–H and O–H groups in total. The lowest BCUT2D eigenvalue weighted by molar-refractivity contribution is -0.0843. The smallest absolute Gasteiger partial charge is 0.321 e. The van der Waals surface area contributed by atoms with Gasteiger partial charge < -0.3 is 18.9 Å². The van der Waals surface area contributed by atoms with Gasteiger partial charge in [-0.25, -0.2) is 0 Å². The zero-order valence-corrected chi connectivity index (χ0v) is 16.5. The van der Waals surface area contributed by atoms with Crippen molar-refractivity contribution in [1.29, 1.82) is 0 Å². The van der Waals surface area contributed by atoms with E-state index >= 15 is 0 Å². The molecule has 0 saturated heterocycles. The molecule has 0 bridgehead atoms. The molecule has 0 heterocycles. The van der Waals surface area contributed by atoms with E-state index in [-0.39, 0.29) is 6.79 Å². The molecular weight excluding hydrogens is 304 g/mol. The van der Waals surface area contributed by atoms with E-state index in [9.17, 15) is 0 Å². The zero-order chi connectivity index (χ0) is 17.9. The van der Waals surface area contributed by atoms with Gasteiger partial charge in [-0.1, -0.05) is 59.8 Å². The van der Waals surface area contributed by atoms with Crippen molar-refractivity contribution < 1.29 is 18.9 Å². The van der Waals surface area contributed by atoms with Gasteiger partial charge >= 0.3 is 5.95 Å². The van der Waals surface area contributed by atoms with Crippen LogP contribution in [0.1, 0.15) is 91.9 Å². The molecule has 0 saturated carbocycles. The van der Waals surface area contributed by atoms with Crippen molar-refractivity contribution in [2.45, 2.75) is 91.9 Å². The van der Waals surface area contributed by atoms with Gasteiger partial charge in [0.05, 0.1) is 19.8 Å². The summed E-state index contributed by atoms with van der Waals surface area (Å²) in [7, 11) is 0. The van der Waals surface area contributed by atoms with Gasteiger partial charge in [-0.2, -0.15) is 0 Å². The van der Waals surface area contributed by atoms with E-state index in [0.29, 0.717) is 12.6 Å². The highest BCUT2D eigenvalue weighted by molar-refractivity contribution is 4.95. The molecule has 4 heteroatoms. The van der Waals surface area contributed by atoms with E-state index in [2.05, 4.69) is 27.7 Å². The number of allylic oxidation sites excluding steroid dienone is 1. The fourth-order valence-electron chi connectivity index (χ4n) is 2.13. The first-order valence-electron chi connectivity index (χ1n) is 9.99. The van der Waals surface area contributed by atoms with E-state index in [1.165, 1.54) is 25.7 Å². The maximum absolute atomic E-state index is 5.96. The molecule has 0 aromatic heterocycles. The maximum Gasteiger partial charge on any atom is 0.321 e. The van der Waals surface area contributed by atoms with Crippen LogP contribution >= 0.6 is 0 Å². The molecule has 0 atom stereocenters. The van der Waals surface area contributed by atoms with Crippen LogP contribution < -0.4 is 0 Å². The minimum Gasteiger partial charge on any atom is -0.491 e. The first-order chi connectivity index (χ1) is 11.8. The summed E-state index contributed by atoms with van der Waals surface area (Å²) in [6.45, 7) is 11.0. The summed E-state index contributed by atoms with van der Waals surface area (Å²) in [6.07, 6.45) is 10.8. The van der Waals surface area contributed by atoms with Gasteiger partial charge in [-0.3, -0.25) is 0 Å². The Morgan fingerprint density at radius 2 is 1.21 bits per heavy atom. The minimum absolute atomic E-state index is 0.231. The Balaban J connectivity index is 4.54. The van der Waals surface area contributed by atoms with Crippen LogP contribution in [0.5, 0.6) is 0 Å². The molecule has 24 heavy (non-hydrogen) atoms. The lowest BCUT2D eigenvalue weighted by Gasteiger charge is -2.17. The third-order valence-electron chi connectivity index (χ3n) is 3.63. The molecule has 0 aromatic carbocycles. The van der Waals surface area contributed by atoms with Gasteiger partial charge in [0.1, 0.15) is 0 Å². The van der Waals surface area contributed by atoms with Gasteiger partial charge in [0, 0.05) is 6.42 Å². The molecule has 0 radical (unpaired) electrons. The Morgan fingerprint density at radius 3 is 1.79 bits per heavy atom. The molecule has 0 aromatic rings. The SMILES string of the molecule is CCCCCOC(CCC)=C(OCCCCC)OCOCCCC. The highest BCUT2D eigenvalue weighted by Gasteiger charge is 2.12.